The van der Waals surface area contributed by atoms with E-state index in [4.69, 9.17) is 0 Å². The minimum atomic E-state index is -0.219. The standard InChI is InChI=1S/C16H25FN2O/c1-5-16(2,3)18-15(20)12-19(4)11-10-13-6-8-14(17)9-7-13/h6-9H,5,10-12H2,1-4H3,(H,18,20). The number of hydrogen-bond donors (Lipinski definition) is 1. The zero-order valence-electron chi connectivity index (χ0n) is 12.9. The maximum Gasteiger partial charge on any atom is 0.234 e. The van der Waals surface area contributed by atoms with Gasteiger partial charge in [0.25, 0.3) is 0 Å². The lowest BCUT2D eigenvalue weighted by molar-refractivity contribution is -0.123. The first-order valence-corrected chi connectivity index (χ1v) is 7.06. The number of hydrogen-bond acceptors (Lipinski definition) is 2. The van der Waals surface area contributed by atoms with E-state index in [0.717, 1.165) is 24.9 Å². The highest BCUT2D eigenvalue weighted by atomic mass is 19.1. The summed E-state index contributed by atoms with van der Waals surface area (Å²) >= 11 is 0. The van der Waals surface area contributed by atoms with Crippen molar-refractivity contribution in [2.75, 3.05) is 20.1 Å². The summed E-state index contributed by atoms with van der Waals surface area (Å²) in [6.07, 6.45) is 1.71. The van der Waals surface area contributed by atoms with Crippen molar-refractivity contribution in [3.05, 3.63) is 35.6 Å². The Balaban J connectivity index is 2.34. The number of nitrogens with one attached hydrogen (secondary N) is 1. The Morgan fingerprint density at radius 2 is 1.90 bits per heavy atom. The molecule has 0 aliphatic carbocycles. The summed E-state index contributed by atoms with van der Waals surface area (Å²) in [6, 6.07) is 6.49. The van der Waals surface area contributed by atoms with Crippen LogP contribution in [0.3, 0.4) is 0 Å². The molecular weight excluding hydrogens is 255 g/mol. The number of benzene rings is 1. The molecule has 0 aromatic heterocycles. The van der Waals surface area contributed by atoms with Gasteiger partial charge in [-0.2, -0.15) is 0 Å². The lowest BCUT2D eigenvalue weighted by Crippen LogP contribution is -2.47. The molecule has 0 aliphatic heterocycles. The molecule has 4 heteroatoms. The van der Waals surface area contributed by atoms with Crippen LogP contribution in [0.5, 0.6) is 0 Å². The fourth-order valence-corrected chi connectivity index (χ4v) is 1.80. The second-order valence-electron chi connectivity index (χ2n) is 5.90. The molecule has 0 aliphatic rings. The van der Waals surface area contributed by atoms with E-state index >= 15 is 0 Å². The third kappa shape index (κ3) is 6.15. The van der Waals surface area contributed by atoms with Crippen LogP contribution < -0.4 is 5.32 Å². The van der Waals surface area contributed by atoms with Gasteiger partial charge in [-0.1, -0.05) is 19.1 Å². The van der Waals surface area contributed by atoms with Gasteiger partial charge in [0, 0.05) is 12.1 Å². The van der Waals surface area contributed by atoms with Crippen molar-refractivity contribution in [2.24, 2.45) is 0 Å². The highest BCUT2D eigenvalue weighted by Crippen LogP contribution is 2.07. The van der Waals surface area contributed by atoms with Gasteiger partial charge < -0.3 is 5.32 Å². The monoisotopic (exact) mass is 280 g/mol. The molecule has 0 fully saturated rings. The molecule has 1 amide bonds. The highest BCUT2D eigenvalue weighted by molar-refractivity contribution is 5.78. The van der Waals surface area contributed by atoms with Crippen LogP contribution in [-0.2, 0) is 11.2 Å². The predicted molar refractivity (Wildman–Crippen MR) is 80.1 cm³/mol. The van der Waals surface area contributed by atoms with Crippen molar-refractivity contribution in [1.82, 2.24) is 10.2 Å². The van der Waals surface area contributed by atoms with Crippen LogP contribution in [0.1, 0.15) is 32.8 Å². The van der Waals surface area contributed by atoms with Gasteiger partial charge in [-0.25, -0.2) is 4.39 Å². The first-order chi connectivity index (χ1) is 9.32. The first-order valence-electron chi connectivity index (χ1n) is 7.06. The molecule has 112 valence electrons. The molecule has 3 nitrogen and oxygen atoms in total. The number of halogens is 1. The quantitative estimate of drug-likeness (QED) is 0.832. The summed E-state index contributed by atoms with van der Waals surface area (Å²) < 4.78 is 12.8. The van der Waals surface area contributed by atoms with Gasteiger partial charge in [0.05, 0.1) is 6.54 Å². The second kappa shape index (κ2) is 7.39. The molecule has 20 heavy (non-hydrogen) atoms. The maximum atomic E-state index is 12.8. The smallest absolute Gasteiger partial charge is 0.234 e. The highest BCUT2D eigenvalue weighted by Gasteiger charge is 2.18. The van der Waals surface area contributed by atoms with Gasteiger partial charge in [-0.05, 0) is 51.4 Å². The Morgan fingerprint density at radius 3 is 2.45 bits per heavy atom. The molecule has 0 saturated heterocycles. The number of carbonyl (C=O) groups is 1. The number of carbonyl (C=O) groups excluding carboxylic acids is 1. The summed E-state index contributed by atoms with van der Waals surface area (Å²) in [5, 5.41) is 3.01. The minimum absolute atomic E-state index is 0.0402. The summed E-state index contributed by atoms with van der Waals surface area (Å²) in [6.45, 7) is 7.24. The van der Waals surface area contributed by atoms with E-state index < -0.39 is 0 Å². The van der Waals surface area contributed by atoms with E-state index in [9.17, 15) is 9.18 Å². The van der Waals surface area contributed by atoms with E-state index in [1.165, 1.54) is 12.1 Å². The van der Waals surface area contributed by atoms with E-state index in [1.54, 1.807) is 12.1 Å². The number of likely N-dealkylation sites (N-methyl/N-ethyl adjacent to an activating group) is 1. The largest absolute Gasteiger partial charge is 0.350 e. The van der Waals surface area contributed by atoms with Gasteiger partial charge in [-0.3, -0.25) is 9.69 Å². The van der Waals surface area contributed by atoms with Crippen LogP contribution in [0.4, 0.5) is 4.39 Å². The SMILES string of the molecule is CCC(C)(C)NC(=O)CN(C)CCc1ccc(F)cc1. The lowest BCUT2D eigenvalue weighted by atomic mass is 10.0. The van der Waals surface area contributed by atoms with E-state index in [0.29, 0.717) is 6.54 Å². The molecule has 0 spiro atoms. The van der Waals surface area contributed by atoms with E-state index in [2.05, 4.69) is 12.2 Å². The predicted octanol–water partition coefficient (Wildman–Crippen LogP) is 2.60. The third-order valence-electron chi connectivity index (χ3n) is 3.47. The normalized spacial score (nSPS) is 11.7. The molecule has 1 aromatic rings. The Morgan fingerprint density at radius 1 is 1.30 bits per heavy atom. The van der Waals surface area contributed by atoms with Crippen molar-refractivity contribution in [3.63, 3.8) is 0 Å². The van der Waals surface area contributed by atoms with Crippen molar-refractivity contribution >= 4 is 5.91 Å². The van der Waals surface area contributed by atoms with E-state index in [1.807, 2.05) is 25.8 Å². The third-order valence-corrected chi connectivity index (χ3v) is 3.47. The summed E-state index contributed by atoms with van der Waals surface area (Å²) in [5.41, 5.74) is 0.919. The molecule has 1 aromatic carbocycles. The molecule has 0 saturated carbocycles. The fraction of sp³-hybridized carbons (Fsp3) is 0.562. The second-order valence-corrected chi connectivity index (χ2v) is 5.90. The summed E-state index contributed by atoms with van der Waals surface area (Å²) in [7, 11) is 1.92. The van der Waals surface area contributed by atoms with Crippen LogP contribution >= 0.6 is 0 Å². The fourth-order valence-electron chi connectivity index (χ4n) is 1.80. The first kappa shape index (κ1) is 16.6. The number of amides is 1. The summed E-state index contributed by atoms with van der Waals surface area (Å²) in [4.78, 5) is 13.9. The molecule has 0 radical (unpaired) electrons. The van der Waals surface area contributed by atoms with Crippen molar-refractivity contribution in [3.8, 4) is 0 Å². The van der Waals surface area contributed by atoms with Gasteiger partial charge in [0.1, 0.15) is 5.82 Å². The van der Waals surface area contributed by atoms with Crippen LogP contribution in [-0.4, -0.2) is 36.5 Å². The molecule has 1 N–H and O–H groups in total. The van der Waals surface area contributed by atoms with Crippen LogP contribution in [0.2, 0.25) is 0 Å². The van der Waals surface area contributed by atoms with Gasteiger partial charge in [0.15, 0.2) is 0 Å². The van der Waals surface area contributed by atoms with Crippen molar-refractivity contribution in [2.45, 2.75) is 39.2 Å². The van der Waals surface area contributed by atoms with Gasteiger partial charge in [-0.15, -0.1) is 0 Å². The molecule has 0 heterocycles. The number of rotatable bonds is 7. The molecule has 0 bridgehead atoms. The van der Waals surface area contributed by atoms with E-state index in [-0.39, 0.29) is 17.3 Å². The zero-order chi connectivity index (χ0) is 15.2. The van der Waals surface area contributed by atoms with Crippen LogP contribution in [0.25, 0.3) is 0 Å². The Bertz CT molecular complexity index is 429. The van der Waals surface area contributed by atoms with Crippen molar-refractivity contribution in [1.29, 1.82) is 0 Å². The average Bonchev–Trinajstić information content (AvgIpc) is 2.37. The molecule has 0 atom stereocenters. The Kier molecular flexibility index (Phi) is 6.14. The van der Waals surface area contributed by atoms with Crippen LogP contribution in [0, 0.1) is 5.82 Å². The lowest BCUT2D eigenvalue weighted by Gasteiger charge is -2.26. The van der Waals surface area contributed by atoms with Crippen LogP contribution in [0.15, 0.2) is 24.3 Å². The Hall–Kier alpha value is -1.42. The van der Waals surface area contributed by atoms with Gasteiger partial charge >= 0.3 is 0 Å². The summed E-state index contributed by atoms with van der Waals surface area (Å²) in [5.74, 6) is -0.179. The maximum absolute atomic E-state index is 12.8. The minimum Gasteiger partial charge on any atom is -0.350 e. The van der Waals surface area contributed by atoms with Crippen molar-refractivity contribution < 1.29 is 9.18 Å². The number of nitrogens with zero attached hydrogens (tertiary/aromatic N) is 1. The molecular formula is C16H25FN2O. The molecule has 0 unspecified atom stereocenters. The average molecular weight is 280 g/mol. The zero-order valence-corrected chi connectivity index (χ0v) is 12.9. The van der Waals surface area contributed by atoms with Gasteiger partial charge in [0.2, 0.25) is 5.91 Å². The molecule has 1 rings (SSSR count). The Labute approximate surface area is 121 Å². The topological polar surface area (TPSA) is 32.3 Å².